The first-order valence-corrected chi connectivity index (χ1v) is 9.70. The second kappa shape index (κ2) is 5.78. The first-order valence-electron chi connectivity index (χ1n) is 6.79. The van der Waals surface area contributed by atoms with Crippen molar-refractivity contribution in [3.05, 3.63) is 24.3 Å². The standard InChI is InChI=1S/C15H27NOSi/c1-7-11-16-13-9-8-10-14(12-13)17-18(5,6)15(2,3)4/h8-10,12,16H,7,11H2,1-6H3. The van der Waals surface area contributed by atoms with Crippen molar-refractivity contribution in [2.24, 2.45) is 0 Å². The summed E-state index contributed by atoms with van der Waals surface area (Å²) in [5.74, 6) is 0.989. The van der Waals surface area contributed by atoms with Gasteiger partial charge in [0.2, 0.25) is 8.32 Å². The molecule has 18 heavy (non-hydrogen) atoms. The van der Waals surface area contributed by atoms with E-state index in [0.717, 1.165) is 24.4 Å². The Morgan fingerprint density at radius 3 is 2.44 bits per heavy atom. The molecule has 1 aromatic rings. The maximum atomic E-state index is 6.29. The number of anilines is 1. The van der Waals surface area contributed by atoms with Crippen molar-refractivity contribution >= 4 is 14.0 Å². The molecule has 0 bridgehead atoms. The molecule has 0 saturated carbocycles. The summed E-state index contributed by atoms with van der Waals surface area (Å²) in [5, 5.41) is 3.63. The van der Waals surface area contributed by atoms with Crippen molar-refractivity contribution in [1.82, 2.24) is 0 Å². The van der Waals surface area contributed by atoms with Gasteiger partial charge in [-0.2, -0.15) is 0 Å². The molecule has 3 heteroatoms. The van der Waals surface area contributed by atoms with Crippen LogP contribution >= 0.6 is 0 Å². The van der Waals surface area contributed by atoms with Crippen LogP contribution in [0.2, 0.25) is 18.1 Å². The van der Waals surface area contributed by atoms with Crippen LogP contribution in [0.5, 0.6) is 5.75 Å². The normalized spacial score (nSPS) is 12.3. The van der Waals surface area contributed by atoms with Crippen molar-refractivity contribution in [2.45, 2.75) is 52.2 Å². The molecular formula is C15H27NOSi. The highest BCUT2D eigenvalue weighted by atomic mass is 28.4. The molecule has 1 aromatic carbocycles. The lowest BCUT2D eigenvalue weighted by atomic mass is 10.2. The maximum Gasteiger partial charge on any atom is 0.250 e. The van der Waals surface area contributed by atoms with Gasteiger partial charge in [-0.25, -0.2) is 0 Å². The smallest absolute Gasteiger partial charge is 0.250 e. The number of hydrogen-bond donors (Lipinski definition) is 1. The Morgan fingerprint density at radius 2 is 1.89 bits per heavy atom. The van der Waals surface area contributed by atoms with Gasteiger partial charge in [-0.1, -0.05) is 33.8 Å². The van der Waals surface area contributed by atoms with Crippen LogP contribution in [0, 0.1) is 0 Å². The van der Waals surface area contributed by atoms with E-state index < -0.39 is 8.32 Å². The van der Waals surface area contributed by atoms with Gasteiger partial charge in [-0.15, -0.1) is 0 Å². The monoisotopic (exact) mass is 265 g/mol. The van der Waals surface area contributed by atoms with Crippen LogP contribution in [0.25, 0.3) is 0 Å². The molecule has 0 aliphatic heterocycles. The molecule has 0 amide bonds. The molecule has 0 saturated heterocycles. The SMILES string of the molecule is CCCNc1cccc(O[Si](C)(C)C(C)(C)C)c1. The quantitative estimate of drug-likeness (QED) is 0.765. The largest absolute Gasteiger partial charge is 0.543 e. The molecule has 0 spiro atoms. The summed E-state index contributed by atoms with van der Waals surface area (Å²) in [4.78, 5) is 0. The summed E-state index contributed by atoms with van der Waals surface area (Å²) in [6.45, 7) is 14.5. The molecular weight excluding hydrogens is 238 g/mol. The van der Waals surface area contributed by atoms with Gasteiger partial charge in [0.05, 0.1) is 0 Å². The number of nitrogens with one attached hydrogen (secondary N) is 1. The van der Waals surface area contributed by atoms with E-state index in [2.05, 4.69) is 70.4 Å². The van der Waals surface area contributed by atoms with E-state index in [9.17, 15) is 0 Å². The van der Waals surface area contributed by atoms with Crippen molar-refractivity contribution in [3.63, 3.8) is 0 Å². The minimum atomic E-state index is -1.73. The van der Waals surface area contributed by atoms with Gasteiger partial charge in [-0.05, 0) is 36.7 Å². The van der Waals surface area contributed by atoms with Gasteiger partial charge in [0, 0.05) is 18.3 Å². The van der Waals surface area contributed by atoms with Crippen molar-refractivity contribution in [3.8, 4) is 5.75 Å². The van der Waals surface area contributed by atoms with E-state index in [0.29, 0.717) is 0 Å². The molecule has 2 nitrogen and oxygen atoms in total. The van der Waals surface area contributed by atoms with Gasteiger partial charge < -0.3 is 9.74 Å². The third-order valence-corrected chi connectivity index (χ3v) is 7.95. The van der Waals surface area contributed by atoms with Crippen LogP contribution in [0.1, 0.15) is 34.1 Å². The fourth-order valence-corrected chi connectivity index (χ4v) is 2.41. The Kier molecular flexibility index (Phi) is 4.85. The van der Waals surface area contributed by atoms with Gasteiger partial charge >= 0.3 is 0 Å². The summed E-state index contributed by atoms with van der Waals surface area (Å²) < 4.78 is 6.29. The Hall–Kier alpha value is -0.963. The summed E-state index contributed by atoms with van der Waals surface area (Å²) in [7, 11) is -1.73. The van der Waals surface area contributed by atoms with Crippen molar-refractivity contribution in [2.75, 3.05) is 11.9 Å². The molecule has 0 aliphatic carbocycles. The fourth-order valence-electron chi connectivity index (χ4n) is 1.39. The van der Waals surface area contributed by atoms with Gasteiger partial charge in [0.1, 0.15) is 5.75 Å². The maximum absolute atomic E-state index is 6.29. The zero-order chi connectivity index (χ0) is 13.8. The van der Waals surface area contributed by atoms with E-state index in [4.69, 9.17) is 4.43 Å². The summed E-state index contributed by atoms with van der Waals surface area (Å²) in [6, 6.07) is 8.31. The molecule has 1 rings (SSSR count). The average molecular weight is 265 g/mol. The predicted molar refractivity (Wildman–Crippen MR) is 83.0 cm³/mol. The Labute approximate surface area is 113 Å². The Morgan fingerprint density at radius 1 is 1.22 bits per heavy atom. The highest BCUT2D eigenvalue weighted by molar-refractivity contribution is 6.74. The topological polar surface area (TPSA) is 21.3 Å². The van der Waals surface area contributed by atoms with Crippen LogP contribution in [0.15, 0.2) is 24.3 Å². The summed E-state index contributed by atoms with van der Waals surface area (Å²) >= 11 is 0. The number of hydrogen-bond acceptors (Lipinski definition) is 2. The molecule has 0 radical (unpaired) electrons. The molecule has 0 fully saturated rings. The third-order valence-electron chi connectivity index (χ3n) is 3.59. The molecule has 0 atom stereocenters. The predicted octanol–water partition coefficient (Wildman–Crippen LogP) is 4.89. The highest BCUT2D eigenvalue weighted by Gasteiger charge is 2.38. The zero-order valence-corrected chi connectivity index (χ0v) is 13.6. The van der Waals surface area contributed by atoms with Gasteiger partial charge in [0.25, 0.3) is 0 Å². The lowest BCUT2D eigenvalue weighted by Crippen LogP contribution is -2.43. The minimum Gasteiger partial charge on any atom is -0.543 e. The van der Waals surface area contributed by atoms with Crippen LogP contribution in [0.4, 0.5) is 5.69 Å². The van der Waals surface area contributed by atoms with Gasteiger partial charge in [-0.3, -0.25) is 0 Å². The highest BCUT2D eigenvalue weighted by Crippen LogP contribution is 2.37. The van der Waals surface area contributed by atoms with Crippen molar-refractivity contribution < 1.29 is 4.43 Å². The first kappa shape index (κ1) is 15.1. The van der Waals surface area contributed by atoms with E-state index in [1.54, 1.807) is 0 Å². The molecule has 0 aliphatic rings. The second-order valence-electron chi connectivity index (χ2n) is 6.32. The summed E-state index contributed by atoms with van der Waals surface area (Å²) in [6.07, 6.45) is 1.13. The van der Waals surface area contributed by atoms with Crippen LogP contribution in [-0.4, -0.2) is 14.9 Å². The van der Waals surface area contributed by atoms with Crippen LogP contribution in [-0.2, 0) is 0 Å². The zero-order valence-electron chi connectivity index (χ0n) is 12.6. The fraction of sp³-hybridized carbons (Fsp3) is 0.600. The number of benzene rings is 1. The van der Waals surface area contributed by atoms with Crippen LogP contribution < -0.4 is 9.74 Å². The minimum absolute atomic E-state index is 0.236. The molecule has 102 valence electrons. The Balaban J connectivity index is 2.79. The van der Waals surface area contributed by atoms with E-state index in [1.807, 2.05) is 0 Å². The molecule has 0 heterocycles. The molecule has 1 N–H and O–H groups in total. The van der Waals surface area contributed by atoms with Crippen molar-refractivity contribution in [1.29, 1.82) is 0 Å². The van der Waals surface area contributed by atoms with Gasteiger partial charge in [0.15, 0.2) is 0 Å². The first-order chi connectivity index (χ1) is 8.26. The summed E-state index contributed by atoms with van der Waals surface area (Å²) in [5.41, 5.74) is 1.15. The van der Waals surface area contributed by atoms with E-state index in [-0.39, 0.29) is 5.04 Å². The lowest BCUT2D eigenvalue weighted by Gasteiger charge is -2.36. The van der Waals surface area contributed by atoms with E-state index in [1.165, 1.54) is 0 Å². The molecule has 0 unspecified atom stereocenters. The third kappa shape index (κ3) is 4.05. The lowest BCUT2D eigenvalue weighted by molar-refractivity contribution is 0.492. The molecule has 0 aromatic heterocycles. The second-order valence-corrected chi connectivity index (χ2v) is 11.0. The van der Waals surface area contributed by atoms with Crippen LogP contribution in [0.3, 0.4) is 0 Å². The average Bonchev–Trinajstić information content (AvgIpc) is 2.24. The van der Waals surface area contributed by atoms with E-state index >= 15 is 0 Å². The Bertz CT molecular complexity index is 382. The number of rotatable bonds is 5.